The summed E-state index contributed by atoms with van der Waals surface area (Å²) >= 11 is 0. The first-order valence-corrected chi connectivity index (χ1v) is 15.9. The first kappa shape index (κ1) is 26.6. The number of benzene rings is 7. The SMILES string of the molecule is c1ccc(-c2cccc3ccccc23)c(-c2nc(-c3ccc4c(c3)oc3ccccc34)nc(-c3cccc4c3oc3ccccc34)n2)c1. The summed E-state index contributed by atoms with van der Waals surface area (Å²) in [5.74, 6) is 1.67. The van der Waals surface area contributed by atoms with Crippen LogP contribution in [0.2, 0.25) is 0 Å². The largest absolute Gasteiger partial charge is 0.456 e. The van der Waals surface area contributed by atoms with Crippen molar-refractivity contribution in [1.82, 2.24) is 15.0 Å². The topological polar surface area (TPSA) is 65.0 Å². The summed E-state index contributed by atoms with van der Waals surface area (Å²) in [4.78, 5) is 15.4. The molecule has 0 spiro atoms. The van der Waals surface area contributed by atoms with Crippen LogP contribution in [0.4, 0.5) is 0 Å². The molecule has 10 aromatic rings. The van der Waals surface area contributed by atoms with Gasteiger partial charge in [0.1, 0.15) is 22.3 Å². The third-order valence-electron chi connectivity index (χ3n) is 9.17. The molecule has 0 N–H and O–H groups in total. The molecule has 0 atom stereocenters. The molecule has 0 saturated heterocycles. The van der Waals surface area contributed by atoms with Crippen LogP contribution in [0.15, 0.2) is 160 Å². The monoisotopic (exact) mass is 615 g/mol. The van der Waals surface area contributed by atoms with E-state index in [0.29, 0.717) is 17.5 Å². The van der Waals surface area contributed by atoms with Crippen LogP contribution in [0, 0.1) is 0 Å². The zero-order valence-electron chi connectivity index (χ0n) is 25.6. The van der Waals surface area contributed by atoms with Crippen molar-refractivity contribution in [3.63, 3.8) is 0 Å². The van der Waals surface area contributed by atoms with Crippen molar-refractivity contribution >= 4 is 54.6 Å². The molecule has 0 aliphatic carbocycles. The molecule has 48 heavy (non-hydrogen) atoms. The summed E-state index contributed by atoms with van der Waals surface area (Å²) in [5.41, 5.74) is 7.94. The number of rotatable bonds is 4. The van der Waals surface area contributed by atoms with E-state index in [9.17, 15) is 0 Å². The van der Waals surface area contributed by atoms with Gasteiger partial charge in [0.25, 0.3) is 0 Å². The highest BCUT2D eigenvalue weighted by Crippen LogP contribution is 2.39. The number of hydrogen-bond acceptors (Lipinski definition) is 5. The van der Waals surface area contributed by atoms with E-state index in [1.54, 1.807) is 0 Å². The second-order valence-electron chi connectivity index (χ2n) is 12.0. The predicted molar refractivity (Wildman–Crippen MR) is 194 cm³/mol. The van der Waals surface area contributed by atoms with Crippen molar-refractivity contribution in [3.8, 4) is 45.3 Å². The first-order valence-electron chi connectivity index (χ1n) is 15.9. The fourth-order valence-corrected chi connectivity index (χ4v) is 6.91. The Morgan fingerprint density at radius 1 is 0.333 bits per heavy atom. The summed E-state index contributed by atoms with van der Waals surface area (Å²) in [7, 11) is 0. The minimum absolute atomic E-state index is 0.539. The molecule has 0 aliphatic rings. The van der Waals surface area contributed by atoms with Gasteiger partial charge in [0, 0.05) is 32.7 Å². The maximum Gasteiger partial charge on any atom is 0.167 e. The van der Waals surface area contributed by atoms with Crippen LogP contribution in [0.5, 0.6) is 0 Å². The Morgan fingerprint density at radius 2 is 0.875 bits per heavy atom. The third kappa shape index (κ3) is 4.15. The number of furan rings is 2. The lowest BCUT2D eigenvalue weighted by molar-refractivity contribution is 0.668. The molecule has 5 nitrogen and oxygen atoms in total. The lowest BCUT2D eigenvalue weighted by atomic mass is 9.94. The molecule has 5 heteroatoms. The Kier molecular flexibility index (Phi) is 5.81. The average Bonchev–Trinajstić information content (AvgIpc) is 3.72. The van der Waals surface area contributed by atoms with Crippen molar-refractivity contribution in [2.45, 2.75) is 0 Å². The number of aromatic nitrogens is 3. The maximum absolute atomic E-state index is 6.45. The smallest absolute Gasteiger partial charge is 0.167 e. The average molecular weight is 616 g/mol. The Morgan fingerprint density at radius 3 is 1.73 bits per heavy atom. The van der Waals surface area contributed by atoms with Crippen LogP contribution >= 0.6 is 0 Å². The Hall–Kier alpha value is -6.59. The quantitative estimate of drug-likeness (QED) is 0.197. The molecule has 0 fully saturated rings. The molecular formula is C43H25N3O2. The number of hydrogen-bond donors (Lipinski definition) is 0. The fourth-order valence-electron chi connectivity index (χ4n) is 6.91. The second-order valence-corrected chi connectivity index (χ2v) is 12.0. The second kappa shape index (κ2) is 10.5. The van der Waals surface area contributed by atoms with Crippen LogP contribution in [0.25, 0.3) is 99.9 Å². The number of nitrogens with zero attached hydrogens (tertiary/aromatic N) is 3. The van der Waals surface area contributed by atoms with Gasteiger partial charge >= 0.3 is 0 Å². The van der Waals surface area contributed by atoms with E-state index in [1.165, 1.54) is 10.8 Å². The zero-order valence-corrected chi connectivity index (χ0v) is 25.6. The minimum atomic E-state index is 0.539. The highest BCUT2D eigenvalue weighted by Gasteiger charge is 2.20. The summed E-state index contributed by atoms with van der Waals surface area (Å²) in [5, 5.41) is 6.56. The molecule has 0 unspecified atom stereocenters. The molecule has 0 radical (unpaired) electrons. The van der Waals surface area contributed by atoms with Gasteiger partial charge in [-0.05, 0) is 52.2 Å². The van der Waals surface area contributed by atoms with Crippen molar-refractivity contribution in [2.75, 3.05) is 0 Å². The molecule has 0 bridgehead atoms. The standard InChI is InChI=1S/C43H25N3O2/c1-2-13-28-26(11-1)12-9-18-29(28)30-14-3-4-17-35(30)42-44-41(27-23-24-33-31-15-5-7-21-37(31)47-39(33)25-27)45-43(46-42)36-20-10-19-34-32-16-6-8-22-38(32)48-40(34)36/h1-25H. The Bertz CT molecular complexity index is 2860. The third-order valence-corrected chi connectivity index (χ3v) is 9.17. The molecule has 0 amide bonds. The van der Waals surface area contributed by atoms with Gasteiger partial charge in [0.2, 0.25) is 0 Å². The number of para-hydroxylation sites is 3. The highest BCUT2D eigenvalue weighted by molar-refractivity contribution is 6.09. The molecule has 0 saturated carbocycles. The van der Waals surface area contributed by atoms with Gasteiger partial charge in [-0.3, -0.25) is 0 Å². The fraction of sp³-hybridized carbons (Fsp3) is 0. The van der Waals surface area contributed by atoms with Crippen LogP contribution < -0.4 is 0 Å². The van der Waals surface area contributed by atoms with Gasteiger partial charge in [0.05, 0.1) is 5.56 Å². The lowest BCUT2D eigenvalue weighted by Crippen LogP contribution is -2.01. The van der Waals surface area contributed by atoms with Crippen molar-refractivity contribution in [2.24, 2.45) is 0 Å². The van der Waals surface area contributed by atoms with E-state index >= 15 is 0 Å². The Labute approximate surface area is 274 Å². The van der Waals surface area contributed by atoms with Crippen molar-refractivity contribution in [1.29, 1.82) is 0 Å². The molecule has 3 aromatic heterocycles. The van der Waals surface area contributed by atoms with E-state index in [4.69, 9.17) is 23.8 Å². The summed E-state index contributed by atoms with van der Waals surface area (Å²) in [6.45, 7) is 0. The number of fused-ring (bicyclic) bond motifs is 7. The van der Waals surface area contributed by atoms with E-state index in [0.717, 1.165) is 71.7 Å². The lowest BCUT2D eigenvalue weighted by Gasteiger charge is -2.13. The van der Waals surface area contributed by atoms with E-state index in [-0.39, 0.29) is 0 Å². The van der Waals surface area contributed by atoms with E-state index < -0.39 is 0 Å². The van der Waals surface area contributed by atoms with Gasteiger partial charge in [-0.25, -0.2) is 15.0 Å². The first-order chi connectivity index (χ1) is 23.8. The highest BCUT2D eigenvalue weighted by atomic mass is 16.3. The van der Waals surface area contributed by atoms with Gasteiger partial charge in [-0.1, -0.05) is 121 Å². The van der Waals surface area contributed by atoms with E-state index in [2.05, 4.69) is 91.0 Å². The molecule has 10 rings (SSSR count). The van der Waals surface area contributed by atoms with Crippen LogP contribution in [-0.4, -0.2) is 15.0 Å². The summed E-state index contributed by atoms with van der Waals surface area (Å²) in [6.07, 6.45) is 0. The van der Waals surface area contributed by atoms with Crippen LogP contribution in [0.3, 0.4) is 0 Å². The Balaban J connectivity index is 1.24. The van der Waals surface area contributed by atoms with Gasteiger partial charge in [-0.15, -0.1) is 0 Å². The minimum Gasteiger partial charge on any atom is -0.456 e. The van der Waals surface area contributed by atoms with Crippen molar-refractivity contribution in [3.05, 3.63) is 152 Å². The normalized spacial score (nSPS) is 11.8. The summed E-state index contributed by atoms with van der Waals surface area (Å²) < 4.78 is 12.7. The van der Waals surface area contributed by atoms with Crippen molar-refractivity contribution < 1.29 is 8.83 Å². The molecule has 3 heterocycles. The summed E-state index contributed by atoms with van der Waals surface area (Å²) in [6, 6.07) is 51.7. The van der Waals surface area contributed by atoms with E-state index in [1.807, 2.05) is 60.7 Å². The zero-order chi connectivity index (χ0) is 31.6. The maximum atomic E-state index is 6.45. The van der Waals surface area contributed by atoms with Gasteiger partial charge in [-0.2, -0.15) is 0 Å². The van der Waals surface area contributed by atoms with Crippen LogP contribution in [-0.2, 0) is 0 Å². The molecule has 7 aromatic carbocycles. The van der Waals surface area contributed by atoms with Crippen LogP contribution in [0.1, 0.15) is 0 Å². The van der Waals surface area contributed by atoms with Gasteiger partial charge < -0.3 is 8.83 Å². The predicted octanol–water partition coefficient (Wildman–Crippen LogP) is 11.5. The molecule has 0 aliphatic heterocycles. The van der Waals surface area contributed by atoms with Gasteiger partial charge in [0.15, 0.2) is 17.5 Å². The molecule has 224 valence electrons. The molecular weight excluding hydrogens is 590 g/mol.